The fourth-order valence-electron chi connectivity index (χ4n) is 1.96. The molecule has 1 amide bonds. The lowest BCUT2D eigenvalue weighted by atomic mass is 10.2. The molecule has 0 radical (unpaired) electrons. The molecule has 2 N–H and O–H groups in total. The first-order valence-corrected chi connectivity index (χ1v) is 6.41. The third-order valence-corrected chi connectivity index (χ3v) is 3.26. The van der Waals surface area contributed by atoms with Gasteiger partial charge in [0.05, 0.1) is 6.10 Å². The predicted molar refractivity (Wildman–Crippen MR) is 69.2 cm³/mol. The number of hydrogen-bond donors (Lipinski definition) is 2. The van der Waals surface area contributed by atoms with E-state index in [1.165, 1.54) is 12.2 Å². The van der Waals surface area contributed by atoms with Crippen LogP contribution in [0.3, 0.4) is 0 Å². The number of amides is 1. The molecule has 1 aliphatic rings. The Morgan fingerprint density at radius 1 is 1.47 bits per heavy atom. The molecule has 1 aromatic heterocycles. The molecule has 0 spiro atoms. The number of aliphatic hydroxyl groups is 1. The first-order valence-electron chi connectivity index (χ1n) is 5.62. The number of carbonyl (C=O) groups is 2. The number of carboxylic acid groups (broad SMARTS) is 1. The summed E-state index contributed by atoms with van der Waals surface area (Å²) in [6, 6.07) is 2.38. The number of aliphatic hydroxyl groups excluding tert-OH is 1. The molecule has 0 bridgehead atoms. The Morgan fingerprint density at radius 2 is 2.21 bits per heavy atom. The second-order valence-corrected chi connectivity index (χ2v) is 4.99. The molecule has 2 heterocycles. The van der Waals surface area contributed by atoms with E-state index in [1.807, 2.05) is 0 Å². The van der Waals surface area contributed by atoms with Crippen LogP contribution in [0.2, 0.25) is 0 Å². The molecular formula is C12H12BrNO5. The molecule has 1 aliphatic heterocycles. The smallest absolute Gasteiger partial charge is 0.326 e. The van der Waals surface area contributed by atoms with E-state index in [0.717, 1.165) is 4.90 Å². The van der Waals surface area contributed by atoms with Gasteiger partial charge in [-0.25, -0.2) is 4.79 Å². The van der Waals surface area contributed by atoms with Crippen LogP contribution < -0.4 is 0 Å². The van der Waals surface area contributed by atoms with Crippen molar-refractivity contribution < 1.29 is 24.2 Å². The van der Waals surface area contributed by atoms with Crippen molar-refractivity contribution in [3.05, 3.63) is 28.6 Å². The monoisotopic (exact) mass is 329 g/mol. The van der Waals surface area contributed by atoms with Crippen LogP contribution in [0.5, 0.6) is 0 Å². The lowest BCUT2D eigenvalue weighted by Gasteiger charge is -2.18. The minimum atomic E-state index is -1.11. The van der Waals surface area contributed by atoms with Crippen LogP contribution in [0.15, 0.2) is 27.3 Å². The van der Waals surface area contributed by atoms with Gasteiger partial charge in [0.25, 0.3) is 0 Å². The Balaban J connectivity index is 2.06. The quantitative estimate of drug-likeness (QED) is 0.810. The summed E-state index contributed by atoms with van der Waals surface area (Å²) >= 11 is 3.14. The Hall–Kier alpha value is -1.60. The molecule has 0 unspecified atom stereocenters. The van der Waals surface area contributed by atoms with E-state index >= 15 is 0 Å². The maximum absolute atomic E-state index is 11.9. The van der Waals surface area contributed by atoms with Gasteiger partial charge >= 0.3 is 5.97 Å². The first-order chi connectivity index (χ1) is 8.97. The van der Waals surface area contributed by atoms with E-state index in [2.05, 4.69) is 15.9 Å². The van der Waals surface area contributed by atoms with E-state index in [-0.39, 0.29) is 13.0 Å². The van der Waals surface area contributed by atoms with Crippen LogP contribution in [-0.2, 0) is 9.59 Å². The van der Waals surface area contributed by atoms with Gasteiger partial charge < -0.3 is 19.5 Å². The fraction of sp³-hybridized carbons (Fsp3) is 0.333. The number of hydrogen-bond acceptors (Lipinski definition) is 4. The molecule has 1 fully saturated rings. The van der Waals surface area contributed by atoms with E-state index < -0.39 is 24.0 Å². The highest BCUT2D eigenvalue weighted by Crippen LogP contribution is 2.19. The fourth-order valence-corrected chi connectivity index (χ4v) is 2.28. The van der Waals surface area contributed by atoms with Gasteiger partial charge in [0.2, 0.25) is 5.91 Å². The Labute approximate surface area is 117 Å². The van der Waals surface area contributed by atoms with Gasteiger partial charge in [0.1, 0.15) is 11.8 Å². The van der Waals surface area contributed by atoms with Gasteiger partial charge in [-0.15, -0.1) is 0 Å². The van der Waals surface area contributed by atoms with Gasteiger partial charge in [0, 0.05) is 19.0 Å². The lowest BCUT2D eigenvalue weighted by molar-refractivity contribution is -0.146. The summed E-state index contributed by atoms with van der Waals surface area (Å²) in [6.45, 7) is 0.0298. The van der Waals surface area contributed by atoms with Gasteiger partial charge in [-0.1, -0.05) is 0 Å². The van der Waals surface area contributed by atoms with E-state index in [0.29, 0.717) is 10.4 Å². The highest BCUT2D eigenvalue weighted by molar-refractivity contribution is 9.10. The van der Waals surface area contributed by atoms with Crippen molar-refractivity contribution >= 4 is 33.9 Å². The largest absolute Gasteiger partial charge is 0.480 e. The SMILES string of the molecule is O=C(O)[C@H]1C[C@@H](O)CN1C(=O)C=Cc1ccc(Br)o1. The maximum Gasteiger partial charge on any atom is 0.326 e. The Bertz CT molecular complexity index is 524. The minimum Gasteiger partial charge on any atom is -0.480 e. The highest BCUT2D eigenvalue weighted by Gasteiger charge is 2.37. The minimum absolute atomic E-state index is 0.0298. The van der Waals surface area contributed by atoms with Crippen LogP contribution in [0, 0.1) is 0 Å². The average molecular weight is 330 g/mol. The average Bonchev–Trinajstić information content (AvgIpc) is 2.92. The number of furan rings is 1. The summed E-state index contributed by atoms with van der Waals surface area (Å²) in [7, 11) is 0. The summed E-state index contributed by atoms with van der Waals surface area (Å²) in [6.07, 6.45) is 1.95. The van der Waals surface area contributed by atoms with Gasteiger partial charge in [-0.3, -0.25) is 4.79 Å². The number of aliphatic carboxylic acids is 1. The second kappa shape index (κ2) is 5.58. The number of nitrogens with zero attached hydrogens (tertiary/aromatic N) is 1. The molecule has 0 aromatic carbocycles. The third kappa shape index (κ3) is 3.24. The molecule has 1 aromatic rings. The van der Waals surface area contributed by atoms with Crippen molar-refractivity contribution in [3.63, 3.8) is 0 Å². The van der Waals surface area contributed by atoms with E-state index in [1.54, 1.807) is 12.1 Å². The third-order valence-electron chi connectivity index (χ3n) is 2.83. The first kappa shape index (κ1) is 13.8. The molecule has 102 valence electrons. The molecule has 7 heteroatoms. The van der Waals surface area contributed by atoms with Crippen LogP contribution in [0.4, 0.5) is 0 Å². The number of β-amino-alcohol motifs (C(OH)–C–C–N with tert-alkyl or cyclic N) is 1. The van der Waals surface area contributed by atoms with E-state index in [9.17, 15) is 14.7 Å². The Kier molecular flexibility index (Phi) is 4.06. The van der Waals surface area contributed by atoms with Crippen molar-refractivity contribution in [2.75, 3.05) is 6.54 Å². The molecule has 6 nitrogen and oxygen atoms in total. The standard InChI is InChI=1S/C12H12BrNO5/c13-10-3-1-8(19-10)2-4-11(16)14-6-7(15)5-9(14)12(17)18/h1-4,7,9,15H,5-6H2,(H,17,18)/t7-,9-/m1/s1. The van der Waals surface area contributed by atoms with Crippen LogP contribution in [-0.4, -0.2) is 45.7 Å². The number of halogens is 1. The van der Waals surface area contributed by atoms with Crippen molar-refractivity contribution in [1.29, 1.82) is 0 Å². The molecular weight excluding hydrogens is 318 g/mol. The van der Waals surface area contributed by atoms with Gasteiger partial charge in [-0.05, 0) is 34.1 Å². The number of carboxylic acids is 1. The van der Waals surface area contributed by atoms with Crippen LogP contribution in [0.1, 0.15) is 12.2 Å². The Morgan fingerprint density at radius 3 is 2.79 bits per heavy atom. The summed E-state index contributed by atoms with van der Waals surface area (Å²) in [5.41, 5.74) is 0. The summed E-state index contributed by atoms with van der Waals surface area (Å²) in [5, 5.41) is 18.4. The summed E-state index contributed by atoms with van der Waals surface area (Å²) in [5.74, 6) is -1.10. The van der Waals surface area contributed by atoms with Gasteiger partial charge in [0.15, 0.2) is 4.67 Å². The predicted octanol–water partition coefficient (Wildman–Crippen LogP) is 1.10. The summed E-state index contributed by atoms with van der Waals surface area (Å²) in [4.78, 5) is 24.0. The molecule has 0 aliphatic carbocycles. The van der Waals surface area contributed by atoms with Crippen molar-refractivity contribution in [2.45, 2.75) is 18.6 Å². The maximum atomic E-state index is 11.9. The molecule has 2 rings (SSSR count). The van der Waals surface area contributed by atoms with Crippen molar-refractivity contribution in [2.24, 2.45) is 0 Å². The molecule has 1 saturated heterocycles. The highest BCUT2D eigenvalue weighted by atomic mass is 79.9. The topological polar surface area (TPSA) is 91.0 Å². The lowest BCUT2D eigenvalue weighted by Crippen LogP contribution is -2.39. The van der Waals surface area contributed by atoms with Crippen LogP contribution in [0.25, 0.3) is 6.08 Å². The van der Waals surface area contributed by atoms with E-state index in [4.69, 9.17) is 9.52 Å². The number of carbonyl (C=O) groups excluding carboxylic acids is 1. The van der Waals surface area contributed by atoms with Crippen molar-refractivity contribution in [1.82, 2.24) is 4.90 Å². The van der Waals surface area contributed by atoms with Gasteiger partial charge in [-0.2, -0.15) is 0 Å². The zero-order valence-corrected chi connectivity index (χ0v) is 11.4. The summed E-state index contributed by atoms with van der Waals surface area (Å²) < 4.78 is 5.73. The normalized spacial score (nSPS) is 23.2. The molecule has 2 atom stereocenters. The van der Waals surface area contributed by atoms with Crippen molar-refractivity contribution in [3.8, 4) is 0 Å². The zero-order chi connectivity index (χ0) is 14.0. The number of likely N-dealkylation sites (tertiary alicyclic amines) is 1. The number of rotatable bonds is 3. The second-order valence-electron chi connectivity index (χ2n) is 4.21. The zero-order valence-electron chi connectivity index (χ0n) is 9.82. The molecule has 0 saturated carbocycles. The molecule has 19 heavy (non-hydrogen) atoms. The van der Waals surface area contributed by atoms with Crippen LogP contribution >= 0.6 is 15.9 Å².